The van der Waals surface area contributed by atoms with Gasteiger partial charge in [0.15, 0.2) is 5.96 Å². The first-order valence-corrected chi connectivity index (χ1v) is 11.4. The molecule has 3 N–H and O–H groups in total. The van der Waals surface area contributed by atoms with Crippen molar-refractivity contribution in [3.63, 3.8) is 0 Å². The van der Waals surface area contributed by atoms with Gasteiger partial charge in [-0.15, -0.1) is 24.0 Å². The molecule has 0 spiro atoms. The van der Waals surface area contributed by atoms with Crippen LogP contribution in [0.5, 0.6) is 0 Å². The van der Waals surface area contributed by atoms with Crippen LogP contribution in [0.2, 0.25) is 0 Å². The lowest BCUT2D eigenvalue weighted by Crippen LogP contribution is -2.44. The number of carbonyl (C=O) groups is 1. The molecule has 0 radical (unpaired) electrons. The van der Waals surface area contributed by atoms with Crippen LogP contribution in [0.15, 0.2) is 29.3 Å². The molecule has 3 rings (SSSR count). The van der Waals surface area contributed by atoms with Crippen LogP contribution in [-0.4, -0.2) is 55.5 Å². The Hall–Kier alpha value is -1.35. The quantitative estimate of drug-likeness (QED) is 0.272. The molecule has 0 bridgehead atoms. The maximum atomic E-state index is 12.1. The van der Waals surface area contributed by atoms with E-state index < -0.39 is 0 Å². The number of amides is 1. The predicted molar refractivity (Wildman–Crippen MR) is 136 cm³/mol. The topological polar surface area (TPSA) is 68.8 Å². The molecule has 1 fully saturated rings. The molecule has 30 heavy (non-hydrogen) atoms. The Kier molecular flexibility index (Phi) is 10.9. The summed E-state index contributed by atoms with van der Waals surface area (Å²) in [6.07, 6.45) is 6.88. The Bertz CT molecular complexity index is 696. The van der Waals surface area contributed by atoms with E-state index in [1.165, 1.54) is 50.8 Å². The third-order valence-electron chi connectivity index (χ3n) is 5.97. The molecule has 2 heterocycles. The minimum Gasteiger partial charge on any atom is -0.357 e. The van der Waals surface area contributed by atoms with E-state index in [4.69, 9.17) is 4.99 Å². The van der Waals surface area contributed by atoms with E-state index in [0.29, 0.717) is 19.0 Å². The number of guanidine groups is 1. The second-order valence-corrected chi connectivity index (χ2v) is 8.18. The SMILES string of the molecule is CCCCN1CCCCC1CN=C(NCC)NCC1CC(=O)Nc2ccccc21.I. The number of piperidine rings is 1. The van der Waals surface area contributed by atoms with Crippen molar-refractivity contribution in [1.29, 1.82) is 0 Å². The first-order chi connectivity index (χ1) is 14.2. The van der Waals surface area contributed by atoms with Gasteiger partial charge in [0.2, 0.25) is 5.91 Å². The van der Waals surface area contributed by atoms with Gasteiger partial charge in [0.25, 0.3) is 0 Å². The summed E-state index contributed by atoms with van der Waals surface area (Å²) < 4.78 is 0. The highest BCUT2D eigenvalue weighted by Crippen LogP contribution is 2.31. The van der Waals surface area contributed by atoms with Crippen molar-refractivity contribution >= 4 is 41.5 Å². The smallest absolute Gasteiger partial charge is 0.225 e. The number of likely N-dealkylation sites (tertiary alicyclic amines) is 1. The van der Waals surface area contributed by atoms with Gasteiger partial charge in [-0.05, 0) is 50.9 Å². The largest absolute Gasteiger partial charge is 0.357 e. The van der Waals surface area contributed by atoms with Gasteiger partial charge in [-0.25, -0.2) is 0 Å². The molecule has 2 unspecified atom stereocenters. The first-order valence-electron chi connectivity index (χ1n) is 11.4. The lowest BCUT2D eigenvalue weighted by atomic mass is 9.90. The molecule has 2 atom stereocenters. The monoisotopic (exact) mass is 527 g/mol. The molecule has 168 valence electrons. The van der Waals surface area contributed by atoms with Gasteiger partial charge < -0.3 is 16.0 Å². The summed E-state index contributed by atoms with van der Waals surface area (Å²) in [5, 5.41) is 9.84. The third-order valence-corrected chi connectivity index (χ3v) is 5.97. The molecule has 7 heteroatoms. The van der Waals surface area contributed by atoms with Gasteiger partial charge in [-0.2, -0.15) is 0 Å². The highest BCUT2D eigenvalue weighted by atomic mass is 127. The fourth-order valence-corrected chi connectivity index (χ4v) is 4.36. The minimum atomic E-state index is 0. The number of para-hydroxylation sites is 1. The number of nitrogens with one attached hydrogen (secondary N) is 3. The Morgan fingerprint density at radius 2 is 2.07 bits per heavy atom. The second kappa shape index (κ2) is 13.1. The number of carbonyl (C=O) groups excluding carboxylic acids is 1. The van der Waals surface area contributed by atoms with E-state index in [0.717, 1.165) is 24.7 Å². The lowest BCUT2D eigenvalue weighted by molar-refractivity contribution is -0.116. The average molecular weight is 527 g/mol. The molecule has 0 aromatic heterocycles. The van der Waals surface area contributed by atoms with Gasteiger partial charge in [-0.1, -0.05) is 38.0 Å². The molecule has 1 aromatic rings. The van der Waals surface area contributed by atoms with Crippen LogP contribution in [-0.2, 0) is 4.79 Å². The van der Waals surface area contributed by atoms with E-state index in [2.05, 4.69) is 40.8 Å². The van der Waals surface area contributed by atoms with E-state index in [-0.39, 0.29) is 35.8 Å². The third kappa shape index (κ3) is 7.11. The normalized spacial score (nSPS) is 21.9. The number of rotatable bonds is 8. The Balaban J connectivity index is 0.00000320. The van der Waals surface area contributed by atoms with Crippen LogP contribution in [0.4, 0.5) is 5.69 Å². The molecular formula is C23H38IN5O. The number of hydrogen-bond acceptors (Lipinski definition) is 3. The minimum absolute atomic E-state index is 0. The second-order valence-electron chi connectivity index (χ2n) is 8.18. The molecule has 2 aliphatic heterocycles. The number of anilines is 1. The van der Waals surface area contributed by atoms with Crippen LogP contribution in [0.3, 0.4) is 0 Å². The number of fused-ring (bicyclic) bond motifs is 1. The summed E-state index contributed by atoms with van der Waals surface area (Å²) in [5.74, 6) is 1.11. The summed E-state index contributed by atoms with van der Waals surface area (Å²) in [4.78, 5) is 19.6. The summed E-state index contributed by atoms with van der Waals surface area (Å²) in [7, 11) is 0. The zero-order valence-corrected chi connectivity index (χ0v) is 20.8. The highest BCUT2D eigenvalue weighted by molar-refractivity contribution is 14.0. The fraction of sp³-hybridized carbons (Fsp3) is 0.652. The van der Waals surface area contributed by atoms with Crippen LogP contribution in [0.1, 0.15) is 63.9 Å². The van der Waals surface area contributed by atoms with Crippen LogP contribution >= 0.6 is 24.0 Å². The number of hydrogen-bond donors (Lipinski definition) is 3. The molecule has 1 saturated heterocycles. The van der Waals surface area contributed by atoms with Gasteiger partial charge in [0, 0.05) is 37.2 Å². The zero-order valence-electron chi connectivity index (χ0n) is 18.5. The number of benzene rings is 1. The predicted octanol–water partition coefficient (Wildman–Crippen LogP) is 3.94. The summed E-state index contributed by atoms with van der Waals surface area (Å²) in [6, 6.07) is 8.64. The van der Waals surface area contributed by atoms with Gasteiger partial charge in [0.05, 0.1) is 6.54 Å². The van der Waals surface area contributed by atoms with Crippen LogP contribution in [0, 0.1) is 0 Å². The van der Waals surface area contributed by atoms with Crippen LogP contribution in [0.25, 0.3) is 0 Å². The average Bonchev–Trinajstić information content (AvgIpc) is 2.74. The van der Waals surface area contributed by atoms with Gasteiger partial charge in [-0.3, -0.25) is 14.7 Å². The lowest BCUT2D eigenvalue weighted by Gasteiger charge is -2.35. The molecule has 1 amide bonds. The van der Waals surface area contributed by atoms with Gasteiger partial charge >= 0.3 is 0 Å². The van der Waals surface area contributed by atoms with Crippen molar-refractivity contribution in [3.8, 4) is 0 Å². The van der Waals surface area contributed by atoms with E-state index in [1.54, 1.807) is 0 Å². The van der Waals surface area contributed by atoms with Crippen molar-refractivity contribution in [3.05, 3.63) is 29.8 Å². The fourth-order valence-electron chi connectivity index (χ4n) is 4.36. The Morgan fingerprint density at radius 3 is 2.87 bits per heavy atom. The van der Waals surface area contributed by atoms with E-state index in [9.17, 15) is 4.79 Å². The summed E-state index contributed by atoms with van der Waals surface area (Å²) in [5.41, 5.74) is 2.14. The Labute approximate surface area is 198 Å². The summed E-state index contributed by atoms with van der Waals surface area (Å²) >= 11 is 0. The van der Waals surface area contributed by atoms with Crippen molar-refractivity contribution in [2.45, 2.75) is 64.3 Å². The van der Waals surface area contributed by atoms with Gasteiger partial charge in [0.1, 0.15) is 0 Å². The maximum absolute atomic E-state index is 12.1. The van der Waals surface area contributed by atoms with E-state index in [1.807, 2.05) is 18.2 Å². The number of unbranched alkanes of at least 4 members (excludes halogenated alkanes) is 1. The first kappa shape index (κ1) is 24.9. The molecular weight excluding hydrogens is 489 g/mol. The Morgan fingerprint density at radius 1 is 1.23 bits per heavy atom. The zero-order chi connectivity index (χ0) is 20.5. The number of aliphatic imine (C=N–C) groups is 1. The van der Waals surface area contributed by atoms with Crippen molar-refractivity contribution in [1.82, 2.24) is 15.5 Å². The number of halogens is 1. The summed E-state index contributed by atoms with van der Waals surface area (Å²) in [6.45, 7) is 9.12. The van der Waals surface area contributed by atoms with Crippen molar-refractivity contribution in [2.24, 2.45) is 4.99 Å². The molecule has 2 aliphatic rings. The molecule has 6 nitrogen and oxygen atoms in total. The van der Waals surface area contributed by atoms with Crippen molar-refractivity contribution in [2.75, 3.05) is 38.0 Å². The molecule has 0 aliphatic carbocycles. The van der Waals surface area contributed by atoms with E-state index >= 15 is 0 Å². The molecule has 0 saturated carbocycles. The highest BCUT2D eigenvalue weighted by Gasteiger charge is 2.25. The maximum Gasteiger partial charge on any atom is 0.225 e. The number of nitrogens with zero attached hydrogens (tertiary/aromatic N) is 2. The standard InChI is InChI=1S/C23H37N5O.HI/c1-3-5-13-28-14-9-8-10-19(28)17-26-23(24-4-2)25-16-18-15-22(29)27-21-12-7-6-11-20(18)21;/h6-7,11-12,18-19H,3-5,8-10,13-17H2,1-2H3,(H,27,29)(H2,24,25,26);1H. The van der Waals surface area contributed by atoms with Crippen LogP contribution < -0.4 is 16.0 Å². The van der Waals surface area contributed by atoms with Crippen molar-refractivity contribution < 1.29 is 4.79 Å². The molecule has 1 aromatic carbocycles.